The standard InChI is InChI=1S/C9H17N3O2S/c1-2-8(7-10)15(13,14)12-6-4-3-5-9(12)11/h8-9H,2-6,11H2,1H3. The number of piperidine rings is 1. The Morgan fingerprint density at radius 3 is 2.73 bits per heavy atom. The van der Waals surface area contributed by atoms with Gasteiger partial charge in [-0.05, 0) is 25.7 Å². The first-order chi connectivity index (χ1) is 7.04. The third-order valence-electron chi connectivity index (χ3n) is 2.70. The van der Waals surface area contributed by atoms with Crippen molar-refractivity contribution in [2.75, 3.05) is 6.54 Å². The van der Waals surface area contributed by atoms with Crippen LogP contribution < -0.4 is 5.73 Å². The van der Waals surface area contributed by atoms with E-state index in [0.717, 1.165) is 12.8 Å². The van der Waals surface area contributed by atoms with Crippen LogP contribution in [0.5, 0.6) is 0 Å². The number of rotatable bonds is 3. The average Bonchev–Trinajstić information content (AvgIpc) is 2.19. The lowest BCUT2D eigenvalue weighted by Gasteiger charge is -2.33. The van der Waals surface area contributed by atoms with E-state index >= 15 is 0 Å². The van der Waals surface area contributed by atoms with E-state index < -0.39 is 21.4 Å². The Balaban J connectivity index is 2.89. The highest BCUT2D eigenvalue weighted by atomic mass is 32.2. The van der Waals surface area contributed by atoms with Gasteiger partial charge in [0, 0.05) is 6.54 Å². The van der Waals surface area contributed by atoms with Gasteiger partial charge in [0.1, 0.15) is 0 Å². The Morgan fingerprint density at radius 1 is 1.60 bits per heavy atom. The lowest BCUT2D eigenvalue weighted by Crippen LogP contribution is -2.51. The van der Waals surface area contributed by atoms with Gasteiger partial charge in [0.25, 0.3) is 0 Å². The second-order valence-corrected chi connectivity index (χ2v) is 5.81. The normalized spacial score (nSPS) is 25.8. The summed E-state index contributed by atoms with van der Waals surface area (Å²) >= 11 is 0. The molecule has 1 aliphatic heterocycles. The SMILES string of the molecule is CCC(C#N)S(=O)(=O)N1CCCCC1N. The van der Waals surface area contributed by atoms with Crippen molar-refractivity contribution in [3.05, 3.63) is 0 Å². The van der Waals surface area contributed by atoms with E-state index in [1.807, 2.05) is 6.07 Å². The number of nitrogens with zero attached hydrogens (tertiary/aromatic N) is 2. The summed E-state index contributed by atoms with van der Waals surface area (Å²) in [5.74, 6) is 0. The van der Waals surface area contributed by atoms with Crippen LogP contribution in [-0.2, 0) is 10.0 Å². The van der Waals surface area contributed by atoms with Crippen molar-refractivity contribution in [2.24, 2.45) is 5.73 Å². The fraction of sp³-hybridized carbons (Fsp3) is 0.889. The first-order valence-electron chi connectivity index (χ1n) is 5.20. The molecule has 0 aromatic heterocycles. The minimum Gasteiger partial charge on any atom is -0.315 e. The summed E-state index contributed by atoms with van der Waals surface area (Å²) in [7, 11) is -3.53. The molecule has 0 aliphatic carbocycles. The summed E-state index contributed by atoms with van der Waals surface area (Å²) in [6.45, 7) is 2.14. The van der Waals surface area contributed by atoms with Gasteiger partial charge >= 0.3 is 0 Å². The molecular weight excluding hydrogens is 214 g/mol. The van der Waals surface area contributed by atoms with Gasteiger partial charge in [-0.3, -0.25) is 0 Å². The largest absolute Gasteiger partial charge is 0.315 e. The summed E-state index contributed by atoms with van der Waals surface area (Å²) in [4.78, 5) is 0. The molecule has 1 heterocycles. The predicted octanol–water partition coefficient (Wildman–Crippen LogP) is 0.389. The molecule has 2 N–H and O–H groups in total. The van der Waals surface area contributed by atoms with Gasteiger partial charge in [-0.2, -0.15) is 9.57 Å². The Bertz CT molecular complexity index is 347. The summed E-state index contributed by atoms with van der Waals surface area (Å²) in [6, 6.07) is 1.82. The summed E-state index contributed by atoms with van der Waals surface area (Å²) in [5, 5.41) is 7.83. The second kappa shape index (κ2) is 4.92. The maximum atomic E-state index is 12.0. The molecule has 1 fully saturated rings. The molecule has 2 atom stereocenters. The van der Waals surface area contributed by atoms with Crippen molar-refractivity contribution in [1.82, 2.24) is 4.31 Å². The average molecular weight is 231 g/mol. The predicted molar refractivity (Wildman–Crippen MR) is 57.1 cm³/mol. The molecule has 6 heteroatoms. The van der Waals surface area contributed by atoms with Crippen LogP contribution in [0.4, 0.5) is 0 Å². The molecule has 0 aromatic carbocycles. The zero-order valence-electron chi connectivity index (χ0n) is 8.89. The van der Waals surface area contributed by atoms with Crippen molar-refractivity contribution >= 4 is 10.0 Å². The van der Waals surface area contributed by atoms with Gasteiger partial charge in [-0.15, -0.1) is 0 Å². The highest BCUT2D eigenvalue weighted by Crippen LogP contribution is 2.21. The second-order valence-electron chi connectivity index (χ2n) is 3.74. The van der Waals surface area contributed by atoms with E-state index in [-0.39, 0.29) is 0 Å². The Morgan fingerprint density at radius 2 is 2.27 bits per heavy atom. The van der Waals surface area contributed by atoms with Gasteiger partial charge in [0.05, 0.1) is 12.2 Å². The van der Waals surface area contributed by atoms with Crippen LogP contribution in [0.15, 0.2) is 0 Å². The van der Waals surface area contributed by atoms with Gasteiger partial charge in [0.2, 0.25) is 10.0 Å². The van der Waals surface area contributed by atoms with E-state index in [1.165, 1.54) is 4.31 Å². The molecule has 15 heavy (non-hydrogen) atoms. The molecule has 2 unspecified atom stereocenters. The van der Waals surface area contributed by atoms with Crippen LogP contribution in [0.1, 0.15) is 32.6 Å². The van der Waals surface area contributed by atoms with Crippen molar-refractivity contribution in [1.29, 1.82) is 5.26 Å². The van der Waals surface area contributed by atoms with Crippen LogP contribution in [0.25, 0.3) is 0 Å². The van der Waals surface area contributed by atoms with Gasteiger partial charge in [0.15, 0.2) is 5.25 Å². The minimum atomic E-state index is -3.53. The van der Waals surface area contributed by atoms with E-state index in [2.05, 4.69) is 0 Å². The number of sulfonamides is 1. The molecule has 0 aromatic rings. The maximum absolute atomic E-state index is 12.0. The quantitative estimate of drug-likeness (QED) is 0.761. The zero-order valence-corrected chi connectivity index (χ0v) is 9.70. The molecule has 0 saturated carbocycles. The topological polar surface area (TPSA) is 87.2 Å². The summed E-state index contributed by atoms with van der Waals surface area (Å²) in [6.07, 6.45) is 2.32. The maximum Gasteiger partial charge on any atom is 0.231 e. The third-order valence-corrected chi connectivity index (χ3v) is 4.96. The molecule has 0 spiro atoms. The first kappa shape index (κ1) is 12.4. The molecule has 5 nitrogen and oxygen atoms in total. The molecule has 1 aliphatic rings. The van der Waals surface area contributed by atoms with Crippen molar-refractivity contribution in [2.45, 2.75) is 44.0 Å². The molecule has 86 valence electrons. The molecular formula is C9H17N3O2S. The van der Waals surface area contributed by atoms with E-state index in [4.69, 9.17) is 11.0 Å². The Kier molecular flexibility index (Phi) is 4.08. The van der Waals surface area contributed by atoms with E-state index in [9.17, 15) is 8.42 Å². The third kappa shape index (κ3) is 2.48. The van der Waals surface area contributed by atoms with Crippen molar-refractivity contribution in [3.8, 4) is 6.07 Å². The van der Waals surface area contributed by atoms with E-state index in [0.29, 0.717) is 19.4 Å². The lowest BCUT2D eigenvalue weighted by atomic mass is 10.1. The number of hydrogen-bond acceptors (Lipinski definition) is 4. The molecule has 1 saturated heterocycles. The Hall–Kier alpha value is -0.640. The molecule has 0 bridgehead atoms. The fourth-order valence-electron chi connectivity index (χ4n) is 1.78. The molecule has 0 radical (unpaired) electrons. The number of hydrogen-bond donors (Lipinski definition) is 1. The van der Waals surface area contributed by atoms with Gasteiger partial charge in [-0.1, -0.05) is 6.92 Å². The van der Waals surface area contributed by atoms with Crippen LogP contribution in [0.3, 0.4) is 0 Å². The van der Waals surface area contributed by atoms with Gasteiger partial charge in [-0.25, -0.2) is 8.42 Å². The smallest absolute Gasteiger partial charge is 0.231 e. The van der Waals surface area contributed by atoms with Crippen LogP contribution >= 0.6 is 0 Å². The van der Waals surface area contributed by atoms with Crippen LogP contribution in [0.2, 0.25) is 0 Å². The zero-order chi connectivity index (χ0) is 11.5. The van der Waals surface area contributed by atoms with E-state index in [1.54, 1.807) is 6.92 Å². The van der Waals surface area contributed by atoms with Crippen molar-refractivity contribution in [3.63, 3.8) is 0 Å². The summed E-state index contributed by atoms with van der Waals surface area (Å²) < 4.78 is 25.2. The fourth-order valence-corrected chi connectivity index (χ4v) is 3.53. The lowest BCUT2D eigenvalue weighted by molar-refractivity contribution is 0.256. The van der Waals surface area contributed by atoms with Crippen LogP contribution in [0, 0.1) is 11.3 Å². The molecule has 1 rings (SSSR count). The number of nitriles is 1. The van der Waals surface area contributed by atoms with Crippen molar-refractivity contribution < 1.29 is 8.42 Å². The summed E-state index contributed by atoms with van der Waals surface area (Å²) in [5.41, 5.74) is 5.75. The Labute approximate surface area is 90.9 Å². The van der Waals surface area contributed by atoms with Gasteiger partial charge < -0.3 is 5.73 Å². The highest BCUT2D eigenvalue weighted by molar-refractivity contribution is 7.90. The first-order valence-corrected chi connectivity index (χ1v) is 6.70. The number of nitrogens with two attached hydrogens (primary N) is 1. The minimum absolute atomic E-state index is 0.308. The monoisotopic (exact) mass is 231 g/mol. The molecule has 0 amide bonds. The highest BCUT2D eigenvalue weighted by Gasteiger charge is 2.35. The van der Waals surface area contributed by atoms with Crippen LogP contribution in [-0.4, -0.2) is 30.7 Å².